The summed E-state index contributed by atoms with van der Waals surface area (Å²) < 4.78 is 26.0. The Morgan fingerprint density at radius 1 is 1.23 bits per heavy atom. The van der Waals surface area contributed by atoms with Crippen LogP contribution in [0.15, 0.2) is 18.2 Å². The Morgan fingerprint density at radius 3 is 2.38 bits per heavy atom. The van der Waals surface area contributed by atoms with Crippen LogP contribution in [0.3, 0.4) is 0 Å². The Labute approximate surface area is 77.0 Å². The molecular weight excluding hydrogens is 172 g/mol. The molecule has 0 radical (unpaired) electrons. The van der Waals surface area contributed by atoms with Gasteiger partial charge in [0.05, 0.1) is 5.69 Å². The van der Waals surface area contributed by atoms with Crippen molar-refractivity contribution in [3.05, 3.63) is 29.8 Å². The number of hydrogen-bond donors (Lipinski definition) is 0. The minimum atomic E-state index is -0.801. The highest BCUT2D eigenvalue weighted by Crippen LogP contribution is 2.21. The number of halogens is 2. The second-order valence-electron chi connectivity index (χ2n) is 3.28. The van der Waals surface area contributed by atoms with Crippen LogP contribution in [0, 0.1) is 11.6 Å². The first kappa shape index (κ1) is 9.96. The van der Waals surface area contributed by atoms with Gasteiger partial charge in [0.15, 0.2) is 11.6 Å². The maximum absolute atomic E-state index is 13.2. The second kappa shape index (κ2) is 3.73. The Hall–Kier alpha value is -1.12. The maximum atomic E-state index is 13.2. The molecule has 0 amide bonds. The summed E-state index contributed by atoms with van der Waals surface area (Å²) in [6.07, 6.45) is 0. The topological polar surface area (TPSA) is 3.24 Å². The zero-order chi connectivity index (χ0) is 10.0. The van der Waals surface area contributed by atoms with Crippen LogP contribution in [0.1, 0.15) is 13.8 Å². The molecule has 13 heavy (non-hydrogen) atoms. The quantitative estimate of drug-likeness (QED) is 0.684. The van der Waals surface area contributed by atoms with Crippen LogP contribution >= 0.6 is 0 Å². The van der Waals surface area contributed by atoms with E-state index >= 15 is 0 Å². The van der Waals surface area contributed by atoms with Gasteiger partial charge in [-0.2, -0.15) is 0 Å². The highest BCUT2D eigenvalue weighted by molar-refractivity contribution is 5.47. The van der Waals surface area contributed by atoms with Crippen LogP contribution in [0.5, 0.6) is 0 Å². The Morgan fingerprint density at radius 2 is 1.85 bits per heavy atom. The SMILES string of the molecule is CC(C)N(C)c1cccc(F)c1F. The summed E-state index contributed by atoms with van der Waals surface area (Å²) in [7, 11) is 1.74. The lowest BCUT2D eigenvalue weighted by molar-refractivity contribution is 0.505. The third kappa shape index (κ3) is 1.97. The molecule has 1 rings (SSSR count). The molecule has 0 bridgehead atoms. The van der Waals surface area contributed by atoms with Gasteiger partial charge in [0.25, 0.3) is 0 Å². The van der Waals surface area contributed by atoms with Crippen LogP contribution in [-0.4, -0.2) is 13.1 Å². The van der Waals surface area contributed by atoms with Gasteiger partial charge < -0.3 is 4.90 Å². The van der Waals surface area contributed by atoms with E-state index in [2.05, 4.69) is 0 Å². The minimum Gasteiger partial charge on any atom is -0.370 e. The zero-order valence-electron chi connectivity index (χ0n) is 8.01. The van der Waals surface area contributed by atoms with E-state index in [-0.39, 0.29) is 6.04 Å². The standard InChI is InChI=1S/C10H13F2N/c1-7(2)13(3)9-6-4-5-8(11)10(9)12/h4-7H,1-3H3. The normalized spacial score (nSPS) is 10.6. The molecule has 0 N–H and O–H groups in total. The van der Waals surface area contributed by atoms with Gasteiger partial charge in [0.1, 0.15) is 0 Å². The van der Waals surface area contributed by atoms with Crippen molar-refractivity contribution in [2.24, 2.45) is 0 Å². The van der Waals surface area contributed by atoms with Crippen molar-refractivity contribution in [1.29, 1.82) is 0 Å². The number of nitrogens with zero attached hydrogens (tertiary/aromatic N) is 1. The van der Waals surface area contributed by atoms with Crippen molar-refractivity contribution in [3.63, 3.8) is 0 Å². The average molecular weight is 185 g/mol. The third-order valence-corrected chi connectivity index (χ3v) is 2.09. The van der Waals surface area contributed by atoms with Gasteiger partial charge in [0.2, 0.25) is 0 Å². The van der Waals surface area contributed by atoms with E-state index in [0.29, 0.717) is 5.69 Å². The molecule has 0 saturated carbocycles. The van der Waals surface area contributed by atoms with Gasteiger partial charge in [0, 0.05) is 13.1 Å². The molecule has 1 aromatic rings. The number of rotatable bonds is 2. The molecule has 0 aliphatic carbocycles. The molecule has 0 atom stereocenters. The summed E-state index contributed by atoms with van der Waals surface area (Å²) in [5.74, 6) is -1.58. The van der Waals surface area contributed by atoms with Gasteiger partial charge in [-0.3, -0.25) is 0 Å². The number of anilines is 1. The van der Waals surface area contributed by atoms with Gasteiger partial charge in [-0.15, -0.1) is 0 Å². The molecule has 72 valence electrons. The van der Waals surface area contributed by atoms with Gasteiger partial charge in [-0.25, -0.2) is 8.78 Å². The van der Waals surface area contributed by atoms with Crippen LogP contribution in [-0.2, 0) is 0 Å². The largest absolute Gasteiger partial charge is 0.370 e. The predicted octanol–water partition coefficient (Wildman–Crippen LogP) is 2.81. The lowest BCUT2D eigenvalue weighted by atomic mass is 10.2. The molecule has 1 nitrogen and oxygen atoms in total. The van der Waals surface area contributed by atoms with E-state index < -0.39 is 11.6 Å². The smallest absolute Gasteiger partial charge is 0.182 e. The molecule has 0 unspecified atom stereocenters. The third-order valence-electron chi connectivity index (χ3n) is 2.09. The zero-order valence-corrected chi connectivity index (χ0v) is 8.01. The van der Waals surface area contributed by atoms with Crippen molar-refractivity contribution < 1.29 is 8.78 Å². The first-order chi connectivity index (χ1) is 6.04. The molecule has 0 aliphatic heterocycles. The summed E-state index contributed by atoms with van der Waals surface area (Å²) in [4.78, 5) is 1.69. The van der Waals surface area contributed by atoms with Crippen LogP contribution in [0.25, 0.3) is 0 Å². The minimum absolute atomic E-state index is 0.149. The fourth-order valence-corrected chi connectivity index (χ4v) is 1.04. The predicted molar refractivity (Wildman–Crippen MR) is 49.9 cm³/mol. The molecule has 0 aliphatic rings. The van der Waals surface area contributed by atoms with Crippen molar-refractivity contribution in [2.45, 2.75) is 19.9 Å². The second-order valence-corrected chi connectivity index (χ2v) is 3.28. The van der Waals surface area contributed by atoms with Crippen molar-refractivity contribution in [2.75, 3.05) is 11.9 Å². The van der Waals surface area contributed by atoms with Crippen molar-refractivity contribution >= 4 is 5.69 Å². The Balaban J connectivity index is 3.07. The van der Waals surface area contributed by atoms with E-state index in [1.165, 1.54) is 6.07 Å². The highest BCUT2D eigenvalue weighted by atomic mass is 19.2. The lowest BCUT2D eigenvalue weighted by Crippen LogP contribution is -2.26. The van der Waals surface area contributed by atoms with Crippen molar-refractivity contribution in [1.82, 2.24) is 0 Å². The Kier molecular flexibility index (Phi) is 2.86. The molecule has 0 spiro atoms. The Bertz CT molecular complexity index is 297. The van der Waals surface area contributed by atoms with Crippen LogP contribution < -0.4 is 4.90 Å². The van der Waals surface area contributed by atoms with E-state index in [1.54, 1.807) is 18.0 Å². The van der Waals surface area contributed by atoms with Gasteiger partial charge in [-0.05, 0) is 26.0 Å². The molecule has 0 saturated heterocycles. The van der Waals surface area contributed by atoms with Crippen molar-refractivity contribution in [3.8, 4) is 0 Å². The fraction of sp³-hybridized carbons (Fsp3) is 0.400. The summed E-state index contributed by atoms with van der Waals surface area (Å²) in [6.45, 7) is 3.84. The van der Waals surface area contributed by atoms with Gasteiger partial charge >= 0.3 is 0 Å². The summed E-state index contributed by atoms with van der Waals surface area (Å²) >= 11 is 0. The monoisotopic (exact) mass is 185 g/mol. The van der Waals surface area contributed by atoms with Crippen LogP contribution in [0.4, 0.5) is 14.5 Å². The summed E-state index contributed by atoms with van der Waals surface area (Å²) in [5, 5.41) is 0. The lowest BCUT2D eigenvalue weighted by Gasteiger charge is -2.24. The molecule has 0 heterocycles. The maximum Gasteiger partial charge on any atom is 0.182 e. The van der Waals surface area contributed by atoms with E-state index in [0.717, 1.165) is 6.07 Å². The van der Waals surface area contributed by atoms with Crippen LogP contribution in [0.2, 0.25) is 0 Å². The first-order valence-electron chi connectivity index (χ1n) is 4.21. The van der Waals surface area contributed by atoms with E-state index in [4.69, 9.17) is 0 Å². The fourth-order valence-electron chi connectivity index (χ4n) is 1.04. The van der Waals surface area contributed by atoms with E-state index in [1.807, 2.05) is 13.8 Å². The molecule has 0 fully saturated rings. The highest BCUT2D eigenvalue weighted by Gasteiger charge is 2.12. The molecule has 3 heteroatoms. The molecular formula is C10H13F2N. The average Bonchev–Trinajstić information content (AvgIpc) is 2.08. The summed E-state index contributed by atoms with van der Waals surface area (Å²) in [6, 6.07) is 4.34. The summed E-state index contributed by atoms with van der Waals surface area (Å²) in [5.41, 5.74) is 0.301. The number of hydrogen-bond acceptors (Lipinski definition) is 1. The molecule has 0 aromatic heterocycles. The van der Waals surface area contributed by atoms with Gasteiger partial charge in [-0.1, -0.05) is 6.07 Å². The van der Waals surface area contributed by atoms with E-state index in [9.17, 15) is 8.78 Å². The molecule has 1 aromatic carbocycles. The number of benzene rings is 1. The first-order valence-corrected chi connectivity index (χ1v) is 4.21.